The number of aromatic nitrogens is 1. The second-order valence-corrected chi connectivity index (χ2v) is 5.82. The number of aryl methyl sites for hydroxylation is 2. The summed E-state index contributed by atoms with van der Waals surface area (Å²) in [5.41, 5.74) is 1.88. The summed E-state index contributed by atoms with van der Waals surface area (Å²) in [5.74, 6) is 1.73. The normalized spacial score (nSPS) is 12.1. The highest BCUT2D eigenvalue weighted by Gasteiger charge is 2.15. The molecule has 124 valence electrons. The van der Waals surface area contributed by atoms with Crippen molar-refractivity contribution < 1.29 is 14.1 Å². The van der Waals surface area contributed by atoms with Crippen LogP contribution in [0.1, 0.15) is 32.1 Å². The molecule has 23 heavy (non-hydrogen) atoms. The maximum Gasteiger partial charge on any atom is 0.247 e. The van der Waals surface area contributed by atoms with Gasteiger partial charge in [0, 0.05) is 11.8 Å². The minimum absolute atomic E-state index is 0.128. The number of carbonyl (C=O) groups excluding carboxylic acids is 1. The fourth-order valence-electron chi connectivity index (χ4n) is 2.10. The third kappa shape index (κ3) is 4.74. The van der Waals surface area contributed by atoms with Crippen molar-refractivity contribution in [3.63, 3.8) is 0 Å². The van der Waals surface area contributed by atoms with E-state index in [-0.39, 0.29) is 12.0 Å². The van der Waals surface area contributed by atoms with Gasteiger partial charge in [-0.1, -0.05) is 5.16 Å². The van der Waals surface area contributed by atoms with Crippen LogP contribution in [0.3, 0.4) is 0 Å². The molecule has 0 aliphatic heterocycles. The van der Waals surface area contributed by atoms with Crippen LogP contribution in [0.15, 0.2) is 28.8 Å². The van der Waals surface area contributed by atoms with Crippen molar-refractivity contribution >= 4 is 17.4 Å². The molecule has 0 saturated carbocycles. The molecule has 0 fully saturated rings. The highest BCUT2D eigenvalue weighted by molar-refractivity contribution is 5.95. The van der Waals surface area contributed by atoms with E-state index in [2.05, 4.69) is 15.8 Å². The van der Waals surface area contributed by atoms with Gasteiger partial charge in [-0.05, 0) is 58.4 Å². The van der Waals surface area contributed by atoms with Gasteiger partial charge in [0.25, 0.3) is 0 Å². The summed E-state index contributed by atoms with van der Waals surface area (Å²) < 4.78 is 10.6. The Morgan fingerprint density at radius 2 is 1.96 bits per heavy atom. The molecule has 2 aromatic rings. The Morgan fingerprint density at radius 3 is 2.52 bits per heavy atom. The summed E-state index contributed by atoms with van der Waals surface area (Å²) in [6, 6.07) is 7.02. The van der Waals surface area contributed by atoms with E-state index in [1.54, 1.807) is 19.9 Å². The Kier molecular flexibility index (Phi) is 5.26. The topological polar surface area (TPSA) is 76.4 Å². The molecule has 2 N–H and O–H groups in total. The molecule has 2 rings (SSSR count). The number of hydrogen-bond donors (Lipinski definition) is 2. The van der Waals surface area contributed by atoms with Gasteiger partial charge in [-0.2, -0.15) is 0 Å². The SMILES string of the molecule is Cc1cc(NC(=O)[C@H](C)Nc2ccc(OC(C)C)c(C)c2)no1. The summed E-state index contributed by atoms with van der Waals surface area (Å²) in [4.78, 5) is 12.1. The maximum absolute atomic E-state index is 12.1. The summed E-state index contributed by atoms with van der Waals surface area (Å²) in [7, 11) is 0. The van der Waals surface area contributed by atoms with Crippen LogP contribution < -0.4 is 15.4 Å². The lowest BCUT2D eigenvalue weighted by Crippen LogP contribution is -2.32. The van der Waals surface area contributed by atoms with E-state index in [4.69, 9.17) is 9.26 Å². The number of anilines is 2. The van der Waals surface area contributed by atoms with E-state index < -0.39 is 6.04 Å². The van der Waals surface area contributed by atoms with Crippen LogP contribution in [0.2, 0.25) is 0 Å². The number of ether oxygens (including phenoxy) is 1. The Labute approximate surface area is 136 Å². The van der Waals surface area contributed by atoms with Gasteiger partial charge in [0.15, 0.2) is 5.82 Å². The first-order valence-corrected chi connectivity index (χ1v) is 7.63. The molecule has 0 aliphatic carbocycles. The maximum atomic E-state index is 12.1. The Hall–Kier alpha value is -2.50. The number of hydrogen-bond acceptors (Lipinski definition) is 5. The van der Waals surface area contributed by atoms with Gasteiger partial charge in [0.1, 0.15) is 17.6 Å². The van der Waals surface area contributed by atoms with Crippen LogP contribution in [0.5, 0.6) is 5.75 Å². The van der Waals surface area contributed by atoms with E-state index in [0.29, 0.717) is 11.6 Å². The van der Waals surface area contributed by atoms with Crippen LogP contribution >= 0.6 is 0 Å². The number of nitrogens with zero attached hydrogens (tertiary/aromatic N) is 1. The van der Waals surface area contributed by atoms with Crippen molar-refractivity contribution in [1.29, 1.82) is 0 Å². The lowest BCUT2D eigenvalue weighted by Gasteiger charge is -2.17. The second kappa shape index (κ2) is 7.17. The lowest BCUT2D eigenvalue weighted by molar-refractivity contribution is -0.116. The molecule has 1 aromatic carbocycles. The molecular formula is C17H23N3O3. The summed E-state index contributed by atoms with van der Waals surface area (Å²) in [6.45, 7) is 9.52. The van der Waals surface area contributed by atoms with Crippen molar-refractivity contribution in [2.75, 3.05) is 10.6 Å². The molecule has 0 unspecified atom stereocenters. The van der Waals surface area contributed by atoms with Gasteiger partial charge >= 0.3 is 0 Å². The standard InChI is InChI=1S/C17H23N3O3/c1-10(2)22-15-7-6-14(8-11(15)3)18-13(5)17(21)19-16-9-12(4)23-20-16/h6-10,13,18H,1-5H3,(H,19,20,21)/t13-/m0/s1. The lowest BCUT2D eigenvalue weighted by atomic mass is 10.2. The number of amides is 1. The zero-order valence-electron chi connectivity index (χ0n) is 14.1. The van der Waals surface area contributed by atoms with Crippen LogP contribution in [0.4, 0.5) is 11.5 Å². The summed E-state index contributed by atoms with van der Waals surface area (Å²) in [6.07, 6.45) is 0.128. The molecule has 6 nitrogen and oxygen atoms in total. The van der Waals surface area contributed by atoms with E-state index in [0.717, 1.165) is 17.0 Å². The molecule has 0 saturated heterocycles. The van der Waals surface area contributed by atoms with E-state index in [9.17, 15) is 4.79 Å². The average Bonchev–Trinajstić information content (AvgIpc) is 2.86. The van der Waals surface area contributed by atoms with Crippen molar-refractivity contribution in [2.24, 2.45) is 0 Å². The zero-order chi connectivity index (χ0) is 17.0. The van der Waals surface area contributed by atoms with Crippen molar-refractivity contribution in [3.8, 4) is 5.75 Å². The van der Waals surface area contributed by atoms with E-state index in [1.165, 1.54) is 0 Å². The predicted molar refractivity (Wildman–Crippen MR) is 89.9 cm³/mol. The molecule has 1 amide bonds. The molecule has 0 aliphatic rings. The fraction of sp³-hybridized carbons (Fsp3) is 0.412. The fourth-order valence-corrected chi connectivity index (χ4v) is 2.10. The van der Waals surface area contributed by atoms with E-state index >= 15 is 0 Å². The average molecular weight is 317 g/mol. The number of carbonyl (C=O) groups is 1. The van der Waals surface area contributed by atoms with Crippen LogP contribution in [-0.2, 0) is 4.79 Å². The van der Waals surface area contributed by atoms with Gasteiger partial charge in [0.2, 0.25) is 5.91 Å². The highest BCUT2D eigenvalue weighted by Crippen LogP contribution is 2.23. The van der Waals surface area contributed by atoms with Gasteiger partial charge in [0.05, 0.1) is 6.10 Å². The molecule has 1 heterocycles. The summed E-state index contributed by atoms with van der Waals surface area (Å²) in [5, 5.41) is 9.62. The molecule has 1 atom stereocenters. The van der Waals surface area contributed by atoms with Gasteiger partial charge in [-0.25, -0.2) is 0 Å². The first-order chi connectivity index (χ1) is 10.8. The van der Waals surface area contributed by atoms with Gasteiger partial charge in [-0.15, -0.1) is 0 Å². The number of benzene rings is 1. The van der Waals surface area contributed by atoms with Crippen LogP contribution in [0.25, 0.3) is 0 Å². The van der Waals surface area contributed by atoms with Gasteiger partial charge < -0.3 is 19.9 Å². The summed E-state index contributed by atoms with van der Waals surface area (Å²) >= 11 is 0. The van der Waals surface area contributed by atoms with E-state index in [1.807, 2.05) is 39.0 Å². The Morgan fingerprint density at radius 1 is 1.22 bits per heavy atom. The van der Waals surface area contributed by atoms with Crippen LogP contribution in [0, 0.1) is 13.8 Å². The van der Waals surface area contributed by atoms with Crippen molar-refractivity contribution in [3.05, 3.63) is 35.6 Å². The number of nitrogens with one attached hydrogen (secondary N) is 2. The van der Waals surface area contributed by atoms with Crippen molar-refractivity contribution in [1.82, 2.24) is 5.16 Å². The number of rotatable bonds is 6. The molecular weight excluding hydrogens is 294 g/mol. The van der Waals surface area contributed by atoms with Crippen LogP contribution in [-0.4, -0.2) is 23.2 Å². The Balaban J connectivity index is 1.97. The first kappa shape index (κ1) is 16.9. The minimum atomic E-state index is -0.414. The quantitative estimate of drug-likeness (QED) is 0.852. The molecule has 0 radical (unpaired) electrons. The largest absolute Gasteiger partial charge is 0.491 e. The predicted octanol–water partition coefficient (Wildman–Crippen LogP) is 3.52. The Bertz CT molecular complexity index is 679. The molecule has 1 aromatic heterocycles. The minimum Gasteiger partial charge on any atom is -0.491 e. The molecule has 6 heteroatoms. The smallest absolute Gasteiger partial charge is 0.247 e. The van der Waals surface area contributed by atoms with Crippen molar-refractivity contribution in [2.45, 2.75) is 46.8 Å². The third-order valence-corrected chi connectivity index (χ3v) is 3.19. The first-order valence-electron chi connectivity index (χ1n) is 7.63. The molecule has 0 bridgehead atoms. The highest BCUT2D eigenvalue weighted by atomic mass is 16.5. The third-order valence-electron chi connectivity index (χ3n) is 3.19. The monoisotopic (exact) mass is 317 g/mol. The molecule has 0 spiro atoms. The second-order valence-electron chi connectivity index (χ2n) is 5.82. The van der Waals surface area contributed by atoms with Gasteiger partial charge in [-0.3, -0.25) is 4.79 Å². The zero-order valence-corrected chi connectivity index (χ0v) is 14.1.